The number of sulfonamides is 1. The number of carbonyl (C=O) groups excluding carboxylic acids is 1. The third-order valence-electron chi connectivity index (χ3n) is 5.57. The first-order chi connectivity index (χ1) is 15.5. The van der Waals surface area contributed by atoms with Gasteiger partial charge in [-0.3, -0.25) is 4.79 Å². The number of benzene rings is 3. The first-order valence-electron chi connectivity index (χ1n) is 10.8. The van der Waals surface area contributed by atoms with Gasteiger partial charge in [-0.2, -0.15) is 0 Å². The van der Waals surface area contributed by atoms with E-state index in [0.717, 1.165) is 22.6 Å². The summed E-state index contributed by atoms with van der Waals surface area (Å²) in [5.74, 6) is -0.243. The van der Waals surface area contributed by atoms with Gasteiger partial charge < -0.3 is 10.2 Å². The van der Waals surface area contributed by atoms with Gasteiger partial charge in [-0.25, -0.2) is 12.7 Å². The number of nitrogens with one attached hydrogen (secondary N) is 1. The van der Waals surface area contributed by atoms with Gasteiger partial charge in [-0.05, 0) is 87.4 Å². The van der Waals surface area contributed by atoms with E-state index in [-0.39, 0.29) is 16.8 Å². The van der Waals surface area contributed by atoms with Gasteiger partial charge in [0.1, 0.15) is 0 Å². The zero-order valence-electron chi connectivity index (χ0n) is 20.0. The number of anilines is 3. The van der Waals surface area contributed by atoms with Crippen molar-refractivity contribution in [1.29, 1.82) is 0 Å². The van der Waals surface area contributed by atoms with Crippen LogP contribution < -0.4 is 10.2 Å². The van der Waals surface area contributed by atoms with E-state index in [1.807, 2.05) is 75.4 Å². The van der Waals surface area contributed by atoms with Crippen LogP contribution in [0.1, 0.15) is 35.3 Å². The monoisotopic (exact) mass is 465 g/mol. The largest absolute Gasteiger partial charge is 0.356 e. The molecule has 0 bridgehead atoms. The van der Waals surface area contributed by atoms with E-state index in [1.54, 1.807) is 17.9 Å². The van der Waals surface area contributed by atoms with Gasteiger partial charge in [0.05, 0.1) is 4.90 Å². The Hall–Kier alpha value is -3.16. The second kappa shape index (κ2) is 9.77. The van der Waals surface area contributed by atoms with E-state index in [4.69, 9.17) is 0 Å². The molecule has 0 aromatic heterocycles. The third-order valence-corrected chi connectivity index (χ3v) is 7.51. The van der Waals surface area contributed by atoms with E-state index < -0.39 is 10.0 Å². The molecule has 0 spiro atoms. The Morgan fingerprint density at radius 3 is 2.00 bits per heavy atom. The standard InChI is InChI=1S/C26H31N3O3S/c1-18(2)29(24-14-12-23(13-15-24)27-22-10-8-7-9-11-22)26(30)21-16-19(3)20(4)25(17-21)33(31,32)28(5)6/h7-18,27H,1-6H3. The molecule has 0 fully saturated rings. The fraction of sp³-hybridized carbons (Fsp3) is 0.269. The van der Waals surface area contributed by atoms with Gasteiger partial charge in [0.15, 0.2) is 0 Å². The van der Waals surface area contributed by atoms with Gasteiger partial charge in [0, 0.05) is 42.8 Å². The van der Waals surface area contributed by atoms with Crippen molar-refractivity contribution >= 4 is 33.0 Å². The quantitative estimate of drug-likeness (QED) is 0.510. The molecule has 1 amide bonds. The Morgan fingerprint density at radius 2 is 1.45 bits per heavy atom. The van der Waals surface area contributed by atoms with Crippen molar-refractivity contribution in [3.05, 3.63) is 83.4 Å². The van der Waals surface area contributed by atoms with Gasteiger partial charge in [-0.15, -0.1) is 0 Å². The first-order valence-corrected chi connectivity index (χ1v) is 12.3. The number of nitrogens with zero attached hydrogens (tertiary/aromatic N) is 2. The Bertz CT molecular complexity index is 1240. The summed E-state index contributed by atoms with van der Waals surface area (Å²) in [5, 5.41) is 3.33. The zero-order valence-corrected chi connectivity index (χ0v) is 20.8. The van der Waals surface area contributed by atoms with Crippen molar-refractivity contribution in [2.45, 2.75) is 38.6 Å². The predicted octanol–water partition coefficient (Wildman–Crippen LogP) is 5.35. The van der Waals surface area contributed by atoms with Crippen molar-refractivity contribution in [1.82, 2.24) is 4.31 Å². The minimum absolute atomic E-state index is 0.124. The van der Waals surface area contributed by atoms with Crippen molar-refractivity contribution in [3.8, 4) is 0 Å². The van der Waals surface area contributed by atoms with E-state index in [0.29, 0.717) is 11.1 Å². The topological polar surface area (TPSA) is 69.7 Å². The SMILES string of the molecule is Cc1cc(C(=O)N(c2ccc(Nc3ccccc3)cc2)C(C)C)cc(S(=O)(=O)N(C)C)c1C. The summed E-state index contributed by atoms with van der Waals surface area (Å²) in [5.41, 5.74) is 4.38. The van der Waals surface area contributed by atoms with E-state index in [2.05, 4.69) is 5.32 Å². The summed E-state index contributed by atoms with van der Waals surface area (Å²) in [6.45, 7) is 7.46. The zero-order chi connectivity index (χ0) is 24.3. The molecule has 3 aromatic rings. The fourth-order valence-electron chi connectivity index (χ4n) is 3.60. The van der Waals surface area contributed by atoms with Crippen LogP contribution in [0.4, 0.5) is 17.1 Å². The molecule has 0 radical (unpaired) electrons. The highest BCUT2D eigenvalue weighted by Crippen LogP contribution is 2.28. The molecule has 0 heterocycles. The van der Waals surface area contributed by atoms with Crippen LogP contribution >= 0.6 is 0 Å². The lowest BCUT2D eigenvalue weighted by molar-refractivity contribution is 0.0980. The number of para-hydroxylation sites is 1. The van der Waals surface area contributed by atoms with Gasteiger partial charge in [0.2, 0.25) is 10.0 Å². The number of rotatable bonds is 7. The van der Waals surface area contributed by atoms with Gasteiger partial charge >= 0.3 is 0 Å². The van der Waals surface area contributed by atoms with Crippen molar-refractivity contribution in [2.24, 2.45) is 0 Å². The van der Waals surface area contributed by atoms with Crippen LogP contribution in [0.3, 0.4) is 0 Å². The Kier molecular flexibility index (Phi) is 7.25. The summed E-state index contributed by atoms with van der Waals surface area (Å²) in [7, 11) is -0.697. The lowest BCUT2D eigenvalue weighted by Crippen LogP contribution is -2.37. The molecular formula is C26H31N3O3S. The summed E-state index contributed by atoms with van der Waals surface area (Å²) in [6, 6.07) is 20.6. The van der Waals surface area contributed by atoms with E-state index >= 15 is 0 Å². The molecular weight excluding hydrogens is 434 g/mol. The van der Waals surface area contributed by atoms with Crippen LogP contribution in [0.25, 0.3) is 0 Å². The maximum absolute atomic E-state index is 13.6. The number of carbonyl (C=O) groups is 1. The molecule has 7 heteroatoms. The fourth-order valence-corrected chi connectivity index (χ4v) is 4.81. The number of hydrogen-bond donors (Lipinski definition) is 1. The molecule has 0 saturated heterocycles. The molecule has 33 heavy (non-hydrogen) atoms. The minimum atomic E-state index is -3.68. The Labute approximate surface area is 196 Å². The molecule has 1 N–H and O–H groups in total. The number of aryl methyl sites for hydroxylation is 1. The molecule has 0 aliphatic heterocycles. The van der Waals surface area contributed by atoms with Crippen molar-refractivity contribution in [2.75, 3.05) is 24.3 Å². The Balaban J connectivity index is 1.96. The molecule has 3 aromatic carbocycles. The van der Waals surface area contributed by atoms with Crippen LogP contribution in [-0.4, -0.2) is 38.8 Å². The Morgan fingerprint density at radius 1 is 0.879 bits per heavy atom. The van der Waals surface area contributed by atoms with Crippen LogP contribution in [0, 0.1) is 13.8 Å². The third kappa shape index (κ3) is 5.26. The molecule has 0 unspecified atom stereocenters. The van der Waals surface area contributed by atoms with E-state index in [9.17, 15) is 13.2 Å². The smallest absolute Gasteiger partial charge is 0.258 e. The number of amides is 1. The highest BCUT2D eigenvalue weighted by Gasteiger charge is 2.26. The van der Waals surface area contributed by atoms with Crippen LogP contribution in [0.15, 0.2) is 71.6 Å². The molecule has 3 rings (SSSR count). The van der Waals surface area contributed by atoms with E-state index in [1.165, 1.54) is 24.5 Å². The molecule has 6 nitrogen and oxygen atoms in total. The molecule has 0 aliphatic rings. The second-order valence-corrected chi connectivity index (χ2v) is 10.6. The highest BCUT2D eigenvalue weighted by molar-refractivity contribution is 7.89. The highest BCUT2D eigenvalue weighted by atomic mass is 32.2. The maximum Gasteiger partial charge on any atom is 0.258 e. The summed E-state index contributed by atoms with van der Waals surface area (Å²) in [6.07, 6.45) is 0. The normalized spacial score (nSPS) is 11.6. The van der Waals surface area contributed by atoms with Crippen LogP contribution in [0.2, 0.25) is 0 Å². The predicted molar refractivity (Wildman–Crippen MR) is 135 cm³/mol. The number of hydrogen-bond acceptors (Lipinski definition) is 4. The van der Waals surface area contributed by atoms with Crippen LogP contribution in [-0.2, 0) is 10.0 Å². The van der Waals surface area contributed by atoms with Crippen molar-refractivity contribution in [3.63, 3.8) is 0 Å². The van der Waals surface area contributed by atoms with Crippen LogP contribution in [0.5, 0.6) is 0 Å². The molecule has 0 atom stereocenters. The lowest BCUT2D eigenvalue weighted by atomic mass is 10.0. The maximum atomic E-state index is 13.6. The molecule has 0 saturated carbocycles. The minimum Gasteiger partial charge on any atom is -0.356 e. The summed E-state index contributed by atoms with van der Waals surface area (Å²) >= 11 is 0. The average molecular weight is 466 g/mol. The second-order valence-electron chi connectivity index (χ2n) is 8.51. The first kappa shape index (κ1) is 24.5. The summed E-state index contributed by atoms with van der Waals surface area (Å²) in [4.78, 5) is 15.4. The molecule has 174 valence electrons. The molecule has 0 aliphatic carbocycles. The average Bonchev–Trinajstić information content (AvgIpc) is 2.77. The summed E-state index contributed by atoms with van der Waals surface area (Å²) < 4.78 is 26.8. The van der Waals surface area contributed by atoms with Crippen molar-refractivity contribution < 1.29 is 13.2 Å². The lowest BCUT2D eigenvalue weighted by Gasteiger charge is -2.28. The van der Waals surface area contributed by atoms with Gasteiger partial charge in [-0.1, -0.05) is 18.2 Å². The van der Waals surface area contributed by atoms with Gasteiger partial charge in [0.25, 0.3) is 5.91 Å².